The Morgan fingerprint density at radius 1 is 1.14 bits per heavy atom. The molecule has 0 spiro atoms. The first-order valence-corrected chi connectivity index (χ1v) is 6.08. The van der Waals surface area contributed by atoms with E-state index >= 15 is 0 Å². The summed E-state index contributed by atoms with van der Waals surface area (Å²) in [6.45, 7) is 8.48. The van der Waals surface area contributed by atoms with Gasteiger partial charge in [0.1, 0.15) is 6.61 Å². The number of rotatable bonds is 9. The maximum atomic E-state index is 9.93. The van der Waals surface area contributed by atoms with E-state index in [9.17, 15) is 9.59 Å². The van der Waals surface area contributed by atoms with E-state index in [0.717, 1.165) is 0 Å². The number of carboxylic acid groups (broad SMARTS) is 1. The molecule has 0 radical (unpaired) electrons. The maximum Gasteiger partial charge on any atom is 0.540 e. The average molecular weight is 310 g/mol. The molecule has 0 aliphatic rings. The van der Waals surface area contributed by atoms with Crippen LogP contribution in [0.1, 0.15) is 13.8 Å². The molecule has 0 saturated heterocycles. The lowest BCUT2D eigenvalue weighted by molar-refractivity contribution is -0.203. The molecule has 0 bridgehead atoms. The Balaban J connectivity index is 0. The number of carbonyl (C=O) groups is 2. The van der Waals surface area contributed by atoms with Crippen LogP contribution in [0.2, 0.25) is 0 Å². The summed E-state index contributed by atoms with van der Waals surface area (Å²) in [6, 6.07) is 0. The molecule has 21 heavy (non-hydrogen) atoms. The zero-order valence-electron chi connectivity index (χ0n) is 12.1. The van der Waals surface area contributed by atoms with Gasteiger partial charge < -0.3 is 24.1 Å². The van der Waals surface area contributed by atoms with Crippen LogP contribution in [0.5, 0.6) is 0 Å². The fourth-order valence-electron chi connectivity index (χ4n) is 0.788. The highest BCUT2D eigenvalue weighted by Gasteiger charge is 2.03. The van der Waals surface area contributed by atoms with Crippen LogP contribution in [0, 0.1) is 0 Å². The van der Waals surface area contributed by atoms with Crippen molar-refractivity contribution in [2.75, 3.05) is 33.0 Å². The van der Waals surface area contributed by atoms with Gasteiger partial charge in [-0.2, -0.15) is 5.26 Å². The van der Waals surface area contributed by atoms with Crippen molar-refractivity contribution in [1.82, 2.24) is 0 Å². The zero-order valence-corrected chi connectivity index (χ0v) is 12.1. The van der Waals surface area contributed by atoms with Gasteiger partial charge in [0.05, 0.1) is 32.5 Å². The Hall–Kier alpha value is -1.84. The summed E-state index contributed by atoms with van der Waals surface area (Å²) < 4.78 is 18.5. The fraction of sp³-hybridized carbons (Fsp3) is 0.667. The van der Waals surface area contributed by atoms with E-state index in [2.05, 4.69) is 20.9 Å². The van der Waals surface area contributed by atoms with Gasteiger partial charge in [0.2, 0.25) is 0 Å². The van der Waals surface area contributed by atoms with Gasteiger partial charge in [-0.3, -0.25) is 4.89 Å². The van der Waals surface area contributed by atoms with E-state index in [0.29, 0.717) is 19.8 Å². The third kappa shape index (κ3) is 23.7. The summed E-state index contributed by atoms with van der Waals surface area (Å²) in [5.41, 5.74) is 0. The molecule has 0 unspecified atom stereocenters. The maximum absolute atomic E-state index is 9.93. The van der Waals surface area contributed by atoms with E-state index < -0.39 is 12.3 Å². The van der Waals surface area contributed by atoms with Gasteiger partial charge in [0.15, 0.2) is 0 Å². The third-order valence-corrected chi connectivity index (χ3v) is 1.47. The zero-order chi connectivity index (χ0) is 16.5. The minimum atomic E-state index is -1.29. The van der Waals surface area contributed by atoms with E-state index in [1.807, 2.05) is 0 Å². The molecule has 9 heteroatoms. The Morgan fingerprint density at radius 3 is 2.14 bits per heavy atom. The normalized spacial score (nSPS) is 9.33. The lowest BCUT2D eigenvalue weighted by atomic mass is 10.5. The van der Waals surface area contributed by atoms with Gasteiger partial charge in [-0.1, -0.05) is 6.08 Å². The van der Waals surface area contributed by atoms with E-state index in [1.54, 1.807) is 19.9 Å². The molecule has 0 heterocycles. The summed E-state index contributed by atoms with van der Waals surface area (Å²) in [6.07, 6.45) is -0.964. The second-order valence-electron chi connectivity index (χ2n) is 3.60. The first-order valence-electron chi connectivity index (χ1n) is 6.08. The van der Waals surface area contributed by atoms with Gasteiger partial charge in [0.25, 0.3) is 0 Å². The second-order valence-corrected chi connectivity index (χ2v) is 3.60. The van der Waals surface area contributed by atoms with Crippen molar-refractivity contribution in [3.05, 3.63) is 12.7 Å². The third-order valence-electron chi connectivity index (χ3n) is 1.47. The lowest BCUT2D eigenvalue weighted by Gasteiger charge is -2.03. The van der Waals surface area contributed by atoms with Crippen LogP contribution in [-0.4, -0.2) is 61.8 Å². The van der Waals surface area contributed by atoms with Crippen LogP contribution < -0.4 is 0 Å². The van der Waals surface area contributed by atoms with Crippen LogP contribution >= 0.6 is 0 Å². The van der Waals surface area contributed by atoms with E-state index in [-0.39, 0.29) is 19.3 Å². The monoisotopic (exact) mass is 310 g/mol. The van der Waals surface area contributed by atoms with Gasteiger partial charge in [-0.25, -0.2) is 9.59 Å². The lowest BCUT2D eigenvalue weighted by Crippen LogP contribution is -2.11. The van der Waals surface area contributed by atoms with Crippen molar-refractivity contribution in [3.8, 4) is 0 Å². The standard InChI is InChI=1S/C8H14O5.C4H8O4/c1-2-3-11-4-5-12-6-7-13-8(9)10;1-3(2)7-4(5)8-6/h2H,1,3-7H2,(H,9,10);3,6H,1-2H3. The van der Waals surface area contributed by atoms with Gasteiger partial charge >= 0.3 is 12.3 Å². The van der Waals surface area contributed by atoms with Crippen LogP contribution in [0.25, 0.3) is 0 Å². The van der Waals surface area contributed by atoms with Crippen molar-refractivity contribution in [1.29, 1.82) is 0 Å². The van der Waals surface area contributed by atoms with Gasteiger partial charge in [-0.05, 0) is 13.8 Å². The molecule has 0 aliphatic carbocycles. The van der Waals surface area contributed by atoms with Crippen LogP contribution in [0.4, 0.5) is 9.59 Å². The van der Waals surface area contributed by atoms with Crippen LogP contribution in [-0.2, 0) is 23.8 Å². The number of hydrogen-bond donors (Lipinski definition) is 2. The van der Waals surface area contributed by atoms with E-state index in [1.165, 1.54) is 0 Å². The van der Waals surface area contributed by atoms with Gasteiger partial charge in [-0.15, -0.1) is 6.58 Å². The number of hydrogen-bond acceptors (Lipinski definition) is 8. The van der Waals surface area contributed by atoms with Gasteiger partial charge in [0, 0.05) is 0 Å². The highest BCUT2D eigenvalue weighted by atomic mass is 17.1. The molecule has 0 amide bonds. The van der Waals surface area contributed by atoms with Crippen molar-refractivity contribution >= 4 is 12.3 Å². The molecule has 0 saturated carbocycles. The highest BCUT2D eigenvalue weighted by Crippen LogP contribution is 1.89. The fourth-order valence-corrected chi connectivity index (χ4v) is 0.788. The number of carbonyl (C=O) groups excluding carboxylic acids is 1. The first kappa shape index (κ1) is 21.5. The summed E-state index contributed by atoms with van der Waals surface area (Å²) in [7, 11) is 0. The Labute approximate surface area is 122 Å². The average Bonchev–Trinajstić information content (AvgIpc) is 2.41. The molecule has 0 rings (SSSR count). The van der Waals surface area contributed by atoms with E-state index in [4.69, 9.17) is 19.8 Å². The molecule has 0 atom stereocenters. The summed E-state index contributed by atoms with van der Waals surface area (Å²) in [5.74, 6) is 0. The minimum absolute atomic E-state index is 0.0524. The highest BCUT2D eigenvalue weighted by molar-refractivity contribution is 5.58. The molecule has 2 N–H and O–H groups in total. The number of ether oxygens (including phenoxy) is 4. The summed E-state index contributed by atoms with van der Waals surface area (Å²) in [4.78, 5) is 23.0. The smallest absolute Gasteiger partial charge is 0.450 e. The largest absolute Gasteiger partial charge is 0.540 e. The minimum Gasteiger partial charge on any atom is -0.450 e. The van der Waals surface area contributed by atoms with Crippen molar-refractivity contribution in [3.63, 3.8) is 0 Å². The molecule has 0 aliphatic heterocycles. The summed E-state index contributed by atoms with van der Waals surface area (Å²) >= 11 is 0. The molecule has 0 aromatic heterocycles. The quantitative estimate of drug-likeness (QED) is 0.216. The van der Waals surface area contributed by atoms with Crippen molar-refractivity contribution < 1.29 is 43.8 Å². The first-order chi connectivity index (χ1) is 9.93. The molecular weight excluding hydrogens is 288 g/mol. The molecular formula is C12H22O9. The Morgan fingerprint density at radius 2 is 1.71 bits per heavy atom. The predicted molar refractivity (Wildman–Crippen MR) is 71.1 cm³/mol. The Bertz CT molecular complexity index is 278. The van der Waals surface area contributed by atoms with Crippen molar-refractivity contribution in [2.24, 2.45) is 0 Å². The van der Waals surface area contributed by atoms with Crippen molar-refractivity contribution in [2.45, 2.75) is 20.0 Å². The Kier molecular flexibility index (Phi) is 16.6. The molecule has 0 fully saturated rings. The molecule has 124 valence electrons. The molecule has 0 aromatic rings. The predicted octanol–water partition coefficient (Wildman–Crippen LogP) is 1.92. The van der Waals surface area contributed by atoms with Crippen LogP contribution in [0.3, 0.4) is 0 Å². The SMILES string of the molecule is C=CCOCCOCCOC(=O)O.CC(C)OC(=O)OO. The second kappa shape index (κ2) is 16.2. The topological polar surface area (TPSA) is 121 Å². The molecule has 0 aromatic carbocycles. The van der Waals surface area contributed by atoms with Crippen LogP contribution in [0.15, 0.2) is 12.7 Å². The summed E-state index contributed by atoms with van der Waals surface area (Å²) in [5, 5.41) is 15.7. The molecule has 9 nitrogen and oxygen atoms in total.